The van der Waals surface area contributed by atoms with E-state index in [2.05, 4.69) is 31.0 Å². The highest BCUT2D eigenvalue weighted by atomic mass is 16.5. The maximum atomic E-state index is 11.5. The number of fused-ring (bicyclic) bond motifs is 1. The molecule has 0 aromatic heterocycles. The predicted molar refractivity (Wildman–Crippen MR) is 84.7 cm³/mol. The number of amides is 1. The largest absolute Gasteiger partial charge is 0.482 e. The number of nitrogen functional groups attached to an aromatic ring is 1. The van der Waals surface area contributed by atoms with Crippen LogP contribution in [0.1, 0.15) is 27.2 Å². The number of hydrogen-bond donors (Lipinski definition) is 2. The highest BCUT2D eigenvalue weighted by Crippen LogP contribution is 2.40. The van der Waals surface area contributed by atoms with Crippen molar-refractivity contribution in [1.29, 1.82) is 0 Å². The molecule has 3 unspecified atom stereocenters. The molecule has 3 atom stereocenters. The number of ether oxygens (including phenoxy) is 1. The van der Waals surface area contributed by atoms with Crippen molar-refractivity contribution < 1.29 is 9.53 Å². The molecule has 1 amide bonds. The first kappa shape index (κ1) is 14.0. The van der Waals surface area contributed by atoms with Crippen molar-refractivity contribution in [2.75, 3.05) is 29.1 Å². The van der Waals surface area contributed by atoms with Gasteiger partial charge in [0.1, 0.15) is 5.75 Å². The molecule has 2 aliphatic heterocycles. The summed E-state index contributed by atoms with van der Waals surface area (Å²) in [6, 6.07) is 4.20. The first-order valence-electron chi connectivity index (χ1n) is 7.58. The molecule has 5 nitrogen and oxygen atoms in total. The summed E-state index contributed by atoms with van der Waals surface area (Å²) in [7, 11) is 0. The zero-order valence-electron chi connectivity index (χ0n) is 12.8. The lowest BCUT2D eigenvalue weighted by atomic mass is 9.85. The van der Waals surface area contributed by atoms with Crippen LogP contribution in [0.15, 0.2) is 12.1 Å². The van der Waals surface area contributed by atoms with Crippen LogP contribution in [-0.4, -0.2) is 25.1 Å². The predicted octanol–water partition coefficient (Wildman–Crippen LogP) is 2.47. The first-order valence-corrected chi connectivity index (χ1v) is 7.58. The van der Waals surface area contributed by atoms with Gasteiger partial charge in [0, 0.05) is 18.7 Å². The topological polar surface area (TPSA) is 67.6 Å². The third-order valence-corrected chi connectivity index (χ3v) is 4.67. The minimum Gasteiger partial charge on any atom is -0.482 e. The number of carbonyl (C=O) groups is 1. The SMILES string of the molecule is CC1CC(C)C(C)N(c2cc3c(cc2N)OCC(=O)N3)C1. The molecule has 3 rings (SSSR count). The van der Waals surface area contributed by atoms with Crippen molar-refractivity contribution in [3.63, 3.8) is 0 Å². The molecule has 5 heteroatoms. The van der Waals surface area contributed by atoms with Gasteiger partial charge in [-0.25, -0.2) is 0 Å². The number of nitrogens with zero attached hydrogens (tertiary/aromatic N) is 1. The standard InChI is InChI=1S/C16H23N3O2/c1-9-4-10(2)11(3)19(7-9)14-6-13-15(5-12(14)17)21-8-16(20)18-13/h5-6,9-11H,4,7-8,17H2,1-3H3,(H,18,20). The Labute approximate surface area is 125 Å². The van der Waals surface area contributed by atoms with Crippen molar-refractivity contribution >= 4 is 23.0 Å². The highest BCUT2D eigenvalue weighted by molar-refractivity contribution is 5.97. The zero-order valence-corrected chi connectivity index (χ0v) is 12.8. The summed E-state index contributed by atoms with van der Waals surface area (Å²) in [5.74, 6) is 1.79. The second-order valence-electron chi connectivity index (χ2n) is 6.46. The highest BCUT2D eigenvalue weighted by Gasteiger charge is 2.31. The van der Waals surface area contributed by atoms with E-state index in [0.29, 0.717) is 35.0 Å². The molecule has 2 heterocycles. The number of rotatable bonds is 1. The zero-order chi connectivity index (χ0) is 15.1. The van der Waals surface area contributed by atoms with Gasteiger partial charge < -0.3 is 20.7 Å². The summed E-state index contributed by atoms with van der Waals surface area (Å²) in [5, 5.41) is 2.86. The van der Waals surface area contributed by atoms with E-state index in [-0.39, 0.29) is 12.5 Å². The second-order valence-corrected chi connectivity index (χ2v) is 6.46. The second kappa shape index (κ2) is 5.13. The summed E-state index contributed by atoms with van der Waals surface area (Å²) in [6.45, 7) is 7.84. The number of nitrogens with one attached hydrogen (secondary N) is 1. The fraction of sp³-hybridized carbons (Fsp3) is 0.562. The quantitative estimate of drug-likeness (QED) is 0.779. The fourth-order valence-electron chi connectivity index (χ4n) is 3.41. The molecule has 2 aliphatic rings. The molecule has 3 N–H and O–H groups in total. The lowest BCUT2D eigenvalue weighted by Gasteiger charge is -2.43. The molecule has 114 valence electrons. The van der Waals surface area contributed by atoms with Crippen LogP contribution in [0.2, 0.25) is 0 Å². The average Bonchev–Trinajstić information content (AvgIpc) is 2.43. The maximum Gasteiger partial charge on any atom is 0.262 e. The molecule has 0 radical (unpaired) electrons. The minimum absolute atomic E-state index is 0.0555. The smallest absolute Gasteiger partial charge is 0.262 e. The minimum atomic E-state index is -0.119. The van der Waals surface area contributed by atoms with Crippen molar-refractivity contribution in [2.24, 2.45) is 11.8 Å². The maximum absolute atomic E-state index is 11.5. The van der Waals surface area contributed by atoms with E-state index in [1.165, 1.54) is 6.42 Å². The molecular weight excluding hydrogens is 266 g/mol. The van der Waals surface area contributed by atoms with Gasteiger partial charge in [-0.05, 0) is 31.2 Å². The summed E-state index contributed by atoms with van der Waals surface area (Å²) in [5.41, 5.74) is 8.64. The van der Waals surface area contributed by atoms with E-state index in [1.54, 1.807) is 0 Å². The van der Waals surface area contributed by atoms with Crippen molar-refractivity contribution in [3.05, 3.63) is 12.1 Å². The van der Waals surface area contributed by atoms with Gasteiger partial charge >= 0.3 is 0 Å². The average molecular weight is 289 g/mol. The number of piperidine rings is 1. The van der Waals surface area contributed by atoms with Crippen LogP contribution in [0.5, 0.6) is 5.75 Å². The molecule has 21 heavy (non-hydrogen) atoms. The summed E-state index contributed by atoms with van der Waals surface area (Å²) < 4.78 is 5.42. The van der Waals surface area contributed by atoms with Crippen LogP contribution >= 0.6 is 0 Å². The summed E-state index contributed by atoms with van der Waals surface area (Å²) in [4.78, 5) is 13.8. The van der Waals surface area contributed by atoms with Gasteiger partial charge in [-0.3, -0.25) is 4.79 Å². The molecule has 1 aromatic rings. The van der Waals surface area contributed by atoms with Crippen LogP contribution in [0.4, 0.5) is 17.1 Å². The number of anilines is 3. The van der Waals surface area contributed by atoms with Crippen molar-refractivity contribution in [3.8, 4) is 5.75 Å². The Bertz CT molecular complexity index is 573. The Balaban J connectivity index is 1.98. The molecule has 1 fully saturated rings. The number of nitrogens with two attached hydrogens (primary N) is 1. The van der Waals surface area contributed by atoms with E-state index < -0.39 is 0 Å². The summed E-state index contributed by atoms with van der Waals surface area (Å²) >= 11 is 0. The molecule has 0 spiro atoms. The van der Waals surface area contributed by atoms with E-state index in [0.717, 1.165) is 12.2 Å². The number of hydrogen-bond acceptors (Lipinski definition) is 4. The molecule has 0 aliphatic carbocycles. The molecule has 0 bridgehead atoms. The van der Waals surface area contributed by atoms with Gasteiger partial charge in [0.05, 0.1) is 17.1 Å². The van der Waals surface area contributed by atoms with Gasteiger partial charge in [0.2, 0.25) is 0 Å². The van der Waals surface area contributed by atoms with Crippen LogP contribution in [0, 0.1) is 11.8 Å². The molecule has 0 saturated carbocycles. The lowest BCUT2D eigenvalue weighted by Crippen LogP contribution is -2.46. The van der Waals surface area contributed by atoms with E-state index in [9.17, 15) is 4.79 Å². The Morgan fingerprint density at radius 3 is 2.86 bits per heavy atom. The van der Waals surface area contributed by atoms with Gasteiger partial charge in [-0.2, -0.15) is 0 Å². The monoisotopic (exact) mass is 289 g/mol. The van der Waals surface area contributed by atoms with Gasteiger partial charge in [-0.15, -0.1) is 0 Å². The lowest BCUT2D eigenvalue weighted by molar-refractivity contribution is -0.118. The van der Waals surface area contributed by atoms with Crippen LogP contribution in [0.25, 0.3) is 0 Å². The van der Waals surface area contributed by atoms with Crippen LogP contribution in [0.3, 0.4) is 0 Å². The van der Waals surface area contributed by atoms with Crippen LogP contribution < -0.4 is 20.7 Å². The Hall–Kier alpha value is -1.91. The Kier molecular flexibility index (Phi) is 3.43. The van der Waals surface area contributed by atoms with Gasteiger partial charge in [-0.1, -0.05) is 13.8 Å². The van der Waals surface area contributed by atoms with Crippen LogP contribution in [-0.2, 0) is 4.79 Å². The Morgan fingerprint density at radius 1 is 1.33 bits per heavy atom. The van der Waals surface area contributed by atoms with E-state index in [4.69, 9.17) is 10.5 Å². The molecule has 1 aromatic carbocycles. The van der Waals surface area contributed by atoms with Gasteiger partial charge in [0.25, 0.3) is 5.91 Å². The third kappa shape index (κ3) is 2.52. The van der Waals surface area contributed by atoms with Gasteiger partial charge in [0.15, 0.2) is 6.61 Å². The van der Waals surface area contributed by atoms with Crippen molar-refractivity contribution in [1.82, 2.24) is 0 Å². The summed E-state index contributed by atoms with van der Waals surface area (Å²) in [6.07, 6.45) is 1.24. The molecule has 1 saturated heterocycles. The first-order chi connectivity index (χ1) is 9.95. The number of benzene rings is 1. The molecular formula is C16H23N3O2. The fourth-order valence-corrected chi connectivity index (χ4v) is 3.41. The van der Waals surface area contributed by atoms with E-state index >= 15 is 0 Å². The van der Waals surface area contributed by atoms with Crippen molar-refractivity contribution in [2.45, 2.75) is 33.2 Å². The number of carbonyl (C=O) groups excluding carboxylic acids is 1. The van der Waals surface area contributed by atoms with E-state index in [1.807, 2.05) is 12.1 Å². The normalized spacial score (nSPS) is 28.6. The Morgan fingerprint density at radius 2 is 2.10 bits per heavy atom. The third-order valence-electron chi connectivity index (χ3n) is 4.67.